The van der Waals surface area contributed by atoms with Crippen LogP contribution in [0.4, 0.5) is 9.59 Å². The van der Waals surface area contributed by atoms with Gasteiger partial charge < -0.3 is 52.7 Å². The molecule has 0 fully saturated rings. The van der Waals surface area contributed by atoms with E-state index in [1.165, 1.54) is 0 Å². The molecule has 0 aromatic rings. The van der Waals surface area contributed by atoms with Crippen LogP contribution in [0.2, 0.25) is 0 Å². The molecule has 0 aliphatic heterocycles. The van der Waals surface area contributed by atoms with Gasteiger partial charge in [0.15, 0.2) is 0 Å². The van der Waals surface area contributed by atoms with E-state index in [2.05, 4.69) is 23.1 Å². The van der Waals surface area contributed by atoms with Crippen molar-refractivity contribution in [3.63, 3.8) is 0 Å². The first-order valence-electron chi connectivity index (χ1n) is 4.00. The number of rotatable bonds is 2. The normalized spacial score (nSPS) is 5.82. The van der Waals surface area contributed by atoms with E-state index in [1.807, 2.05) is 0 Å². The molecule has 1 unspecified atom stereocenters. The molecule has 0 saturated heterocycles. The van der Waals surface area contributed by atoms with Gasteiger partial charge in [-0.05, 0) is 0 Å². The fourth-order valence-electron chi connectivity index (χ4n) is 0. The molecule has 126 valence electrons. The van der Waals surface area contributed by atoms with Crippen LogP contribution in [0.15, 0.2) is 0 Å². The Hall–Kier alpha value is 0.167. The molecule has 0 aromatic carbocycles. The largest absolute Gasteiger partial charge is 2.00 e. The van der Waals surface area contributed by atoms with Crippen molar-refractivity contribution in [1.82, 2.24) is 0 Å². The predicted octanol–water partition coefficient (Wildman–Crippen LogP) is 3.08. The maximum Gasteiger partial charge on any atom is 2.00 e. The first-order chi connectivity index (χ1) is 8.37. The zero-order valence-corrected chi connectivity index (χ0v) is 18.1. The standard InChI is InChI=1S/C3H4O.2C2H5NO2.C2H3OP.CH4.2V.W/c1-2-3-4;2*1-5-2(3)4;1-4-2-3;;;;/h1-2H2;2*1H3,(H2,3,4);4H,1H2;1H4;;;/q-2;;;-2;;3*+2/p-2. The summed E-state index contributed by atoms with van der Waals surface area (Å²) in [5.41, 5.74) is 11.9. The Labute approximate surface area is 172 Å². The summed E-state index contributed by atoms with van der Waals surface area (Å²) in [7, 11) is 2.41. The minimum Gasteiger partial charge on any atom is -0.632 e. The van der Waals surface area contributed by atoms with Crippen LogP contribution >= 0.6 is 8.58 Å². The topological polar surface area (TPSA) is 134 Å². The fourth-order valence-corrected chi connectivity index (χ4v) is 0. The minimum absolute atomic E-state index is 0. The van der Waals surface area contributed by atoms with Gasteiger partial charge in [0.05, 0.1) is 14.2 Å². The molecular formula is C10H19N2O6PV2W. The summed E-state index contributed by atoms with van der Waals surface area (Å²) in [5.74, 6) is 0. The average molecular weight is 580 g/mol. The Kier molecular flexibility index (Phi) is 131. The molecule has 8 nitrogen and oxygen atoms in total. The van der Waals surface area contributed by atoms with Crippen LogP contribution < -0.4 is 0 Å². The van der Waals surface area contributed by atoms with Crippen molar-refractivity contribution in [3.8, 4) is 0 Å². The first-order valence-corrected chi connectivity index (χ1v) is 5.21. The van der Waals surface area contributed by atoms with Crippen LogP contribution in [0.25, 0.3) is 11.5 Å². The summed E-state index contributed by atoms with van der Waals surface area (Å²) in [6.07, 6.45) is -0.157. The van der Waals surface area contributed by atoms with E-state index < -0.39 is 12.2 Å². The van der Waals surface area contributed by atoms with Gasteiger partial charge in [-0.3, -0.25) is 28.3 Å². The summed E-state index contributed by atoms with van der Waals surface area (Å²) < 4.78 is 7.56. The number of carbonyl (C=O) groups is 2. The zero-order valence-electron chi connectivity index (χ0n) is 11.4. The van der Waals surface area contributed by atoms with Crippen LogP contribution in [0.1, 0.15) is 13.8 Å². The van der Waals surface area contributed by atoms with E-state index in [4.69, 9.17) is 21.1 Å². The SMILES string of the molecule is C.COC([NH-])=O.COC([NH-])=O.[CH2-]C[C-]=O.[CH2-]P[C-]=O.[V+2].[V+2].[W+2]. The Balaban J connectivity index is -0.0000000188. The summed E-state index contributed by atoms with van der Waals surface area (Å²) in [4.78, 5) is 36.5. The molecule has 0 aliphatic rings. The van der Waals surface area contributed by atoms with E-state index in [0.29, 0.717) is 0 Å². The number of hydrogen-bond acceptors (Lipinski definition) is 6. The summed E-state index contributed by atoms with van der Waals surface area (Å²) in [5, 5.41) is 0. The van der Waals surface area contributed by atoms with Gasteiger partial charge in [0.1, 0.15) is 0 Å². The second kappa shape index (κ2) is 58.2. The van der Waals surface area contributed by atoms with Crippen molar-refractivity contribution in [2.75, 3.05) is 14.2 Å². The number of nitrogens with one attached hydrogen (secondary N) is 2. The van der Waals surface area contributed by atoms with Gasteiger partial charge in [0.25, 0.3) is 0 Å². The molecule has 0 bridgehead atoms. The number of carbonyl (C=O) groups excluding carboxylic acids is 4. The molecule has 1 atom stereocenters. The second-order valence-electron chi connectivity index (χ2n) is 1.66. The Morgan fingerprint density at radius 3 is 1.23 bits per heavy atom. The quantitative estimate of drug-likeness (QED) is 0.364. The van der Waals surface area contributed by atoms with E-state index in [9.17, 15) is 9.59 Å². The van der Waals surface area contributed by atoms with E-state index in [1.54, 1.807) is 12.3 Å². The molecule has 2 N–H and O–H groups in total. The monoisotopic (exact) mass is 580 g/mol. The molecule has 0 heterocycles. The van der Waals surface area contributed by atoms with Gasteiger partial charge in [-0.2, -0.15) is 0 Å². The van der Waals surface area contributed by atoms with E-state index in [-0.39, 0.29) is 80.6 Å². The molecule has 12 heteroatoms. The Morgan fingerprint density at radius 2 is 1.23 bits per heavy atom. The van der Waals surface area contributed by atoms with Gasteiger partial charge >= 0.3 is 58.2 Å². The van der Waals surface area contributed by atoms with Gasteiger partial charge in [0, 0.05) is 0 Å². The number of methoxy groups -OCH3 is 2. The number of hydrogen-bond donors (Lipinski definition) is 0. The third kappa shape index (κ3) is 195. The van der Waals surface area contributed by atoms with Gasteiger partial charge in [0.2, 0.25) is 12.2 Å². The van der Waals surface area contributed by atoms with Crippen LogP contribution in [-0.2, 0) is 77.2 Å². The van der Waals surface area contributed by atoms with Gasteiger partial charge in [-0.1, -0.05) is 7.43 Å². The zero-order chi connectivity index (χ0) is 15.4. The molecule has 0 rings (SSSR count). The second-order valence-corrected chi connectivity index (χ2v) is 2.21. The smallest absolute Gasteiger partial charge is 0.632 e. The molecule has 0 spiro atoms. The maximum absolute atomic E-state index is 9.26. The first kappa shape index (κ1) is 49.5. The third-order valence-corrected chi connectivity index (χ3v) is 0.689. The summed E-state index contributed by atoms with van der Waals surface area (Å²) >= 11 is 0. The number of ether oxygens (including phenoxy) is 2. The van der Waals surface area contributed by atoms with E-state index in [0.717, 1.165) is 14.2 Å². The van der Waals surface area contributed by atoms with Gasteiger partial charge in [-0.15, -0.1) is 0 Å². The van der Waals surface area contributed by atoms with Crippen LogP contribution in [-0.4, -0.2) is 38.7 Å². The van der Waals surface area contributed by atoms with E-state index >= 15 is 0 Å². The Morgan fingerprint density at radius 1 is 1.09 bits per heavy atom. The summed E-state index contributed by atoms with van der Waals surface area (Å²) in [6, 6.07) is 1.60. The van der Waals surface area contributed by atoms with Crippen LogP contribution in [0.3, 0.4) is 0 Å². The maximum atomic E-state index is 9.26. The Bertz CT molecular complexity index is 208. The number of amides is 2. The van der Waals surface area contributed by atoms with Crippen molar-refractivity contribution in [3.05, 3.63) is 25.1 Å². The summed E-state index contributed by atoms with van der Waals surface area (Å²) in [6.45, 7) is 6.39. The minimum atomic E-state index is -0.995. The van der Waals surface area contributed by atoms with Crippen molar-refractivity contribution in [2.45, 2.75) is 13.8 Å². The van der Waals surface area contributed by atoms with Crippen molar-refractivity contribution < 1.29 is 86.8 Å². The molecule has 0 aliphatic carbocycles. The molecule has 2 radical (unpaired) electrons. The van der Waals surface area contributed by atoms with Crippen molar-refractivity contribution in [2.24, 2.45) is 0 Å². The van der Waals surface area contributed by atoms with Crippen molar-refractivity contribution in [1.29, 1.82) is 0 Å². The van der Waals surface area contributed by atoms with Crippen molar-refractivity contribution >= 4 is 33.1 Å². The molecule has 0 saturated carbocycles. The average Bonchev–Trinajstić information content (AvgIpc) is 2.39. The molecule has 2 amide bonds. The predicted molar refractivity (Wildman–Crippen MR) is 75.2 cm³/mol. The fraction of sp³-hybridized carbons (Fsp3) is 0.400. The van der Waals surface area contributed by atoms with Crippen LogP contribution in [0, 0.1) is 13.6 Å². The van der Waals surface area contributed by atoms with Gasteiger partial charge in [-0.25, -0.2) is 0 Å². The third-order valence-electron chi connectivity index (χ3n) is 0.545. The molecular weight excluding hydrogens is 561 g/mol. The molecule has 22 heavy (non-hydrogen) atoms. The van der Waals surface area contributed by atoms with Crippen LogP contribution in [0.5, 0.6) is 0 Å². The molecule has 0 aromatic heterocycles.